The van der Waals surface area contributed by atoms with Crippen LogP contribution in [0.1, 0.15) is 12.5 Å². The van der Waals surface area contributed by atoms with Crippen molar-refractivity contribution in [1.29, 1.82) is 0 Å². The van der Waals surface area contributed by atoms with Crippen LogP contribution in [-0.2, 0) is 16.1 Å². The van der Waals surface area contributed by atoms with Gasteiger partial charge in [-0.2, -0.15) is 5.10 Å². The minimum absolute atomic E-state index is 0.000139. The molecule has 6 nitrogen and oxygen atoms in total. The number of carboxylic acid groups (broad SMARTS) is 1. The van der Waals surface area contributed by atoms with Crippen LogP contribution in [0.4, 0.5) is 0 Å². The van der Waals surface area contributed by atoms with E-state index in [4.69, 9.17) is 9.84 Å². The number of aryl methyl sites for hydroxylation is 1. The van der Waals surface area contributed by atoms with Gasteiger partial charge in [-0.3, -0.25) is 14.4 Å². The summed E-state index contributed by atoms with van der Waals surface area (Å²) < 4.78 is 7.50. The van der Waals surface area contributed by atoms with Crippen LogP contribution >= 0.6 is 0 Å². The molecule has 2 heterocycles. The largest absolute Gasteiger partial charge is 0.480 e. The maximum atomic E-state index is 11.0. The topological polar surface area (TPSA) is 67.6 Å². The minimum Gasteiger partial charge on any atom is -0.480 e. The average molecular weight is 253 g/mol. The van der Waals surface area contributed by atoms with Crippen molar-refractivity contribution in [3.8, 4) is 0 Å². The normalized spacial score (nSPS) is 22.9. The first-order chi connectivity index (χ1) is 8.56. The third-order valence-corrected chi connectivity index (χ3v) is 3.23. The summed E-state index contributed by atoms with van der Waals surface area (Å²) in [5.74, 6) is -0.786. The third-order valence-electron chi connectivity index (χ3n) is 3.23. The second-order valence-corrected chi connectivity index (χ2v) is 4.74. The Morgan fingerprint density at radius 3 is 3.11 bits per heavy atom. The van der Waals surface area contributed by atoms with Crippen LogP contribution in [0.5, 0.6) is 0 Å². The summed E-state index contributed by atoms with van der Waals surface area (Å²) in [5.41, 5.74) is 1.11. The first-order valence-corrected chi connectivity index (χ1v) is 6.14. The molecule has 0 radical (unpaired) electrons. The van der Waals surface area contributed by atoms with Gasteiger partial charge in [0.2, 0.25) is 0 Å². The summed E-state index contributed by atoms with van der Waals surface area (Å²) >= 11 is 0. The van der Waals surface area contributed by atoms with Gasteiger partial charge in [-0.25, -0.2) is 0 Å². The van der Waals surface area contributed by atoms with Crippen LogP contribution in [0.25, 0.3) is 0 Å². The summed E-state index contributed by atoms with van der Waals surface area (Å²) in [6, 6.07) is -0.462. The van der Waals surface area contributed by atoms with E-state index in [1.54, 1.807) is 13.1 Å². The van der Waals surface area contributed by atoms with E-state index in [0.29, 0.717) is 26.2 Å². The molecule has 1 aromatic rings. The van der Waals surface area contributed by atoms with Crippen LogP contribution in [0, 0.1) is 6.92 Å². The lowest BCUT2D eigenvalue weighted by Crippen LogP contribution is -2.50. The number of rotatable bonds is 4. The lowest BCUT2D eigenvalue weighted by atomic mass is 10.2. The Labute approximate surface area is 106 Å². The van der Waals surface area contributed by atoms with Gasteiger partial charge >= 0.3 is 5.97 Å². The molecule has 0 bridgehead atoms. The lowest BCUT2D eigenvalue weighted by Gasteiger charge is -2.35. The number of nitrogens with zero attached hydrogens (tertiary/aromatic N) is 3. The van der Waals surface area contributed by atoms with Gasteiger partial charge in [-0.05, 0) is 19.4 Å². The summed E-state index contributed by atoms with van der Waals surface area (Å²) in [6.07, 6.45) is 3.77. The lowest BCUT2D eigenvalue weighted by molar-refractivity contribution is -0.146. The zero-order chi connectivity index (χ0) is 13.1. The molecule has 1 N–H and O–H groups in total. The predicted molar refractivity (Wildman–Crippen MR) is 65.4 cm³/mol. The maximum absolute atomic E-state index is 11.0. The van der Waals surface area contributed by atoms with Gasteiger partial charge < -0.3 is 9.84 Å². The zero-order valence-corrected chi connectivity index (χ0v) is 10.7. The van der Waals surface area contributed by atoms with Gasteiger partial charge in [0.15, 0.2) is 0 Å². The third kappa shape index (κ3) is 3.08. The van der Waals surface area contributed by atoms with Gasteiger partial charge in [-0.1, -0.05) is 0 Å². The molecule has 18 heavy (non-hydrogen) atoms. The number of ether oxygens (including phenoxy) is 1. The molecule has 1 aliphatic rings. The highest BCUT2D eigenvalue weighted by Crippen LogP contribution is 2.11. The summed E-state index contributed by atoms with van der Waals surface area (Å²) in [5, 5.41) is 13.2. The SMILES string of the molecule is Cc1cnn(CC2CN(C(C)C(=O)O)CCO2)c1. The van der Waals surface area contributed by atoms with Crippen molar-refractivity contribution in [2.75, 3.05) is 19.7 Å². The molecule has 1 aliphatic heterocycles. The number of hydrogen-bond donors (Lipinski definition) is 1. The minimum atomic E-state index is -0.786. The van der Waals surface area contributed by atoms with E-state index < -0.39 is 12.0 Å². The molecule has 2 atom stereocenters. The number of aromatic nitrogens is 2. The molecule has 6 heteroatoms. The van der Waals surface area contributed by atoms with E-state index in [1.165, 1.54) is 0 Å². The summed E-state index contributed by atoms with van der Waals surface area (Å²) in [7, 11) is 0. The molecule has 1 fully saturated rings. The molecule has 0 spiro atoms. The second kappa shape index (κ2) is 5.49. The van der Waals surface area contributed by atoms with E-state index in [-0.39, 0.29) is 6.10 Å². The number of hydrogen-bond acceptors (Lipinski definition) is 4. The van der Waals surface area contributed by atoms with Gasteiger partial charge in [0, 0.05) is 19.3 Å². The van der Waals surface area contributed by atoms with E-state index >= 15 is 0 Å². The Bertz CT molecular complexity index is 418. The molecule has 0 saturated carbocycles. The molecule has 2 unspecified atom stereocenters. The fraction of sp³-hybridized carbons (Fsp3) is 0.667. The van der Waals surface area contributed by atoms with E-state index in [2.05, 4.69) is 5.10 Å². The number of carbonyl (C=O) groups is 1. The Morgan fingerprint density at radius 1 is 1.72 bits per heavy atom. The number of carboxylic acids is 1. The molecule has 0 aliphatic carbocycles. The van der Waals surface area contributed by atoms with Crippen molar-refractivity contribution in [3.05, 3.63) is 18.0 Å². The van der Waals surface area contributed by atoms with Gasteiger partial charge in [0.25, 0.3) is 0 Å². The van der Waals surface area contributed by atoms with Crippen molar-refractivity contribution in [2.24, 2.45) is 0 Å². The molecule has 1 aromatic heterocycles. The fourth-order valence-electron chi connectivity index (χ4n) is 2.14. The highest BCUT2D eigenvalue weighted by atomic mass is 16.5. The molecule has 1 saturated heterocycles. The van der Waals surface area contributed by atoms with Crippen molar-refractivity contribution in [3.63, 3.8) is 0 Å². The predicted octanol–water partition coefficient (Wildman–Crippen LogP) is 0.365. The molecule has 2 rings (SSSR count). The van der Waals surface area contributed by atoms with Gasteiger partial charge in [-0.15, -0.1) is 0 Å². The fourth-order valence-corrected chi connectivity index (χ4v) is 2.14. The van der Waals surface area contributed by atoms with Crippen LogP contribution < -0.4 is 0 Å². The Balaban J connectivity index is 1.92. The van der Waals surface area contributed by atoms with Crippen molar-refractivity contribution >= 4 is 5.97 Å². The van der Waals surface area contributed by atoms with E-state index in [9.17, 15) is 4.79 Å². The van der Waals surface area contributed by atoms with Gasteiger partial charge in [0.05, 0.1) is 25.5 Å². The Hall–Kier alpha value is -1.40. The average Bonchev–Trinajstić information content (AvgIpc) is 2.74. The van der Waals surface area contributed by atoms with Crippen molar-refractivity contribution in [2.45, 2.75) is 32.5 Å². The summed E-state index contributed by atoms with van der Waals surface area (Å²) in [6.45, 7) is 6.24. The zero-order valence-electron chi connectivity index (χ0n) is 10.7. The van der Waals surface area contributed by atoms with Crippen molar-refractivity contribution < 1.29 is 14.6 Å². The Kier molecular flexibility index (Phi) is 3.98. The van der Waals surface area contributed by atoms with E-state index in [1.807, 2.05) is 22.7 Å². The highest BCUT2D eigenvalue weighted by molar-refractivity contribution is 5.72. The molecule has 0 aromatic carbocycles. The van der Waals surface area contributed by atoms with Crippen LogP contribution in [-0.4, -0.2) is 57.6 Å². The molecule has 100 valence electrons. The summed E-state index contributed by atoms with van der Waals surface area (Å²) in [4.78, 5) is 12.9. The maximum Gasteiger partial charge on any atom is 0.320 e. The monoisotopic (exact) mass is 253 g/mol. The molecule has 0 amide bonds. The highest BCUT2D eigenvalue weighted by Gasteiger charge is 2.27. The smallest absolute Gasteiger partial charge is 0.320 e. The second-order valence-electron chi connectivity index (χ2n) is 4.74. The van der Waals surface area contributed by atoms with Crippen molar-refractivity contribution in [1.82, 2.24) is 14.7 Å². The number of morpholine rings is 1. The van der Waals surface area contributed by atoms with Gasteiger partial charge in [0.1, 0.15) is 6.04 Å². The standard InChI is InChI=1S/C12H19N3O3/c1-9-5-13-15(6-9)8-11-7-14(3-4-18-11)10(2)12(16)17/h5-6,10-11H,3-4,7-8H2,1-2H3,(H,16,17). The first kappa shape index (κ1) is 13.0. The van der Waals surface area contributed by atoms with Crippen LogP contribution in [0.2, 0.25) is 0 Å². The first-order valence-electron chi connectivity index (χ1n) is 6.14. The number of aliphatic carboxylic acids is 1. The van der Waals surface area contributed by atoms with Crippen LogP contribution in [0.15, 0.2) is 12.4 Å². The van der Waals surface area contributed by atoms with Crippen LogP contribution in [0.3, 0.4) is 0 Å². The van der Waals surface area contributed by atoms with E-state index in [0.717, 1.165) is 5.56 Å². The molecular weight excluding hydrogens is 234 g/mol. The Morgan fingerprint density at radius 2 is 2.50 bits per heavy atom. The quantitative estimate of drug-likeness (QED) is 0.839. The molecular formula is C12H19N3O3.